The molecule has 1 saturated heterocycles. The summed E-state index contributed by atoms with van der Waals surface area (Å²) < 4.78 is 5.09. The van der Waals surface area contributed by atoms with Crippen LogP contribution in [-0.4, -0.2) is 67.8 Å². The van der Waals surface area contributed by atoms with Crippen LogP contribution in [0.1, 0.15) is 12.5 Å². The minimum Gasteiger partial charge on any atom is -0.497 e. The number of ether oxygens (including phenoxy) is 1. The predicted octanol–water partition coefficient (Wildman–Crippen LogP) is -0.333. The largest absolute Gasteiger partial charge is 0.497 e. The number of nitrogens with one attached hydrogen (secondary N) is 2. The van der Waals surface area contributed by atoms with Crippen molar-refractivity contribution in [3.05, 3.63) is 29.8 Å². The van der Waals surface area contributed by atoms with E-state index in [1.165, 1.54) is 21.2 Å². The first-order chi connectivity index (χ1) is 12.2. The van der Waals surface area contributed by atoms with Crippen LogP contribution in [-0.2, 0) is 19.9 Å². The third-order valence-electron chi connectivity index (χ3n) is 4.32. The van der Waals surface area contributed by atoms with E-state index in [1.54, 1.807) is 31.2 Å². The third kappa shape index (κ3) is 3.61. The van der Waals surface area contributed by atoms with Crippen molar-refractivity contribution in [2.75, 3.05) is 34.3 Å². The molecular formula is C17H22N4O5. The lowest BCUT2D eigenvalue weighted by Crippen LogP contribution is -2.45. The van der Waals surface area contributed by atoms with Crippen LogP contribution in [0.5, 0.6) is 5.75 Å². The Kier molecular flexibility index (Phi) is 5.49. The molecule has 0 bridgehead atoms. The lowest BCUT2D eigenvalue weighted by molar-refractivity contribution is -0.139. The van der Waals surface area contributed by atoms with Crippen molar-refractivity contribution in [1.29, 1.82) is 0 Å². The first kappa shape index (κ1) is 19.2. The Morgan fingerprint density at radius 3 is 2.42 bits per heavy atom. The van der Waals surface area contributed by atoms with Crippen molar-refractivity contribution in [1.82, 2.24) is 20.4 Å². The zero-order chi connectivity index (χ0) is 19.5. The highest BCUT2D eigenvalue weighted by Gasteiger charge is 2.49. The first-order valence-electron chi connectivity index (χ1n) is 7.96. The lowest BCUT2D eigenvalue weighted by atomic mass is 9.92. The summed E-state index contributed by atoms with van der Waals surface area (Å²) >= 11 is 0. The number of imide groups is 1. The average molecular weight is 362 g/mol. The molecule has 9 nitrogen and oxygen atoms in total. The average Bonchev–Trinajstić information content (AvgIpc) is 2.85. The maximum atomic E-state index is 12.8. The van der Waals surface area contributed by atoms with Crippen LogP contribution < -0.4 is 15.4 Å². The molecule has 0 aromatic heterocycles. The van der Waals surface area contributed by atoms with E-state index in [9.17, 15) is 19.2 Å². The Bertz CT molecular complexity index is 733. The lowest BCUT2D eigenvalue weighted by Gasteiger charge is -2.23. The number of rotatable bonds is 6. The normalized spacial score (nSPS) is 19.2. The van der Waals surface area contributed by atoms with Gasteiger partial charge in [-0.3, -0.25) is 19.3 Å². The highest BCUT2D eigenvalue weighted by molar-refractivity contribution is 6.09. The number of hydrogen-bond acceptors (Lipinski definition) is 5. The molecule has 0 aliphatic carbocycles. The van der Waals surface area contributed by atoms with Gasteiger partial charge in [-0.15, -0.1) is 0 Å². The van der Waals surface area contributed by atoms with Crippen LogP contribution in [0.2, 0.25) is 0 Å². The van der Waals surface area contributed by atoms with Crippen molar-refractivity contribution >= 4 is 23.8 Å². The number of methoxy groups -OCH3 is 1. The molecule has 5 amide bonds. The van der Waals surface area contributed by atoms with Gasteiger partial charge in [0, 0.05) is 14.1 Å². The van der Waals surface area contributed by atoms with Crippen LogP contribution in [0.25, 0.3) is 0 Å². The minimum atomic E-state index is -1.27. The Balaban J connectivity index is 2.14. The quantitative estimate of drug-likeness (QED) is 0.674. The molecule has 1 aliphatic rings. The van der Waals surface area contributed by atoms with E-state index in [0.717, 1.165) is 9.80 Å². The molecule has 1 heterocycles. The van der Waals surface area contributed by atoms with E-state index >= 15 is 0 Å². The smallest absolute Gasteiger partial charge is 0.325 e. The van der Waals surface area contributed by atoms with Gasteiger partial charge in [0.25, 0.3) is 5.91 Å². The number of hydrogen-bond donors (Lipinski definition) is 2. The number of likely N-dealkylation sites (N-methyl/N-ethyl adjacent to an activating group) is 2. The van der Waals surface area contributed by atoms with Gasteiger partial charge in [0.2, 0.25) is 11.8 Å². The first-order valence-corrected chi connectivity index (χ1v) is 7.96. The van der Waals surface area contributed by atoms with Gasteiger partial charge in [-0.1, -0.05) is 12.1 Å². The van der Waals surface area contributed by atoms with E-state index in [-0.39, 0.29) is 12.5 Å². The molecule has 9 heteroatoms. The van der Waals surface area contributed by atoms with Crippen LogP contribution in [0.4, 0.5) is 4.79 Å². The molecule has 0 saturated carbocycles. The fourth-order valence-corrected chi connectivity index (χ4v) is 2.60. The van der Waals surface area contributed by atoms with Crippen LogP contribution >= 0.6 is 0 Å². The Morgan fingerprint density at radius 1 is 1.27 bits per heavy atom. The van der Waals surface area contributed by atoms with Gasteiger partial charge in [-0.25, -0.2) is 4.79 Å². The van der Waals surface area contributed by atoms with Gasteiger partial charge in [0.05, 0.1) is 13.7 Å². The molecule has 140 valence electrons. The van der Waals surface area contributed by atoms with Crippen molar-refractivity contribution in [3.8, 4) is 5.75 Å². The van der Waals surface area contributed by atoms with E-state index in [4.69, 9.17) is 4.74 Å². The zero-order valence-electron chi connectivity index (χ0n) is 15.2. The van der Waals surface area contributed by atoms with E-state index in [0.29, 0.717) is 11.3 Å². The molecule has 26 heavy (non-hydrogen) atoms. The minimum absolute atomic E-state index is 0.158. The molecule has 0 radical (unpaired) electrons. The summed E-state index contributed by atoms with van der Waals surface area (Å²) in [5, 5.41) is 5.03. The maximum Gasteiger partial charge on any atom is 0.325 e. The fourth-order valence-electron chi connectivity index (χ4n) is 2.60. The number of carbonyl (C=O) groups excluding carboxylic acids is 4. The van der Waals surface area contributed by atoms with Gasteiger partial charge in [0.1, 0.15) is 17.8 Å². The summed E-state index contributed by atoms with van der Waals surface area (Å²) in [6.07, 6.45) is 0. The highest BCUT2D eigenvalue weighted by Crippen LogP contribution is 2.29. The van der Waals surface area contributed by atoms with Gasteiger partial charge in [-0.05, 0) is 24.6 Å². The SMILES string of the molecule is CNC(=O)CN(C)C(=O)CN1C(=O)N[C@@](C)(c2ccc(OC)cc2)C1=O. The Hall–Kier alpha value is -3.10. The molecular weight excluding hydrogens is 340 g/mol. The Labute approximate surface area is 151 Å². The molecule has 2 rings (SSSR count). The fraction of sp³-hybridized carbons (Fsp3) is 0.412. The molecule has 2 N–H and O–H groups in total. The molecule has 0 unspecified atom stereocenters. The molecule has 1 atom stereocenters. The van der Waals surface area contributed by atoms with E-state index < -0.39 is 29.9 Å². The number of benzene rings is 1. The maximum absolute atomic E-state index is 12.8. The molecule has 0 spiro atoms. The predicted molar refractivity (Wildman–Crippen MR) is 92.3 cm³/mol. The summed E-state index contributed by atoms with van der Waals surface area (Å²) in [4.78, 5) is 50.6. The number of nitrogens with zero attached hydrogens (tertiary/aromatic N) is 2. The van der Waals surface area contributed by atoms with E-state index in [1.807, 2.05) is 0 Å². The molecule has 1 aromatic carbocycles. The number of urea groups is 1. The Morgan fingerprint density at radius 2 is 1.88 bits per heavy atom. The summed E-state index contributed by atoms with van der Waals surface area (Å²) in [7, 11) is 4.42. The van der Waals surface area contributed by atoms with Gasteiger partial charge in [-0.2, -0.15) is 0 Å². The van der Waals surface area contributed by atoms with Crippen LogP contribution in [0, 0.1) is 0 Å². The van der Waals surface area contributed by atoms with Crippen LogP contribution in [0.15, 0.2) is 24.3 Å². The topological polar surface area (TPSA) is 108 Å². The van der Waals surface area contributed by atoms with Gasteiger partial charge < -0.3 is 20.3 Å². The summed E-state index contributed by atoms with van der Waals surface area (Å²) in [6, 6.07) is 6.07. The van der Waals surface area contributed by atoms with E-state index in [2.05, 4.69) is 10.6 Å². The zero-order valence-corrected chi connectivity index (χ0v) is 15.2. The number of carbonyl (C=O) groups is 4. The summed E-state index contributed by atoms with van der Waals surface area (Å²) in [5.74, 6) is -0.774. The molecule has 1 fully saturated rings. The highest BCUT2D eigenvalue weighted by atomic mass is 16.5. The molecule has 1 aliphatic heterocycles. The summed E-state index contributed by atoms with van der Waals surface area (Å²) in [5.41, 5.74) is -0.700. The molecule has 1 aromatic rings. The van der Waals surface area contributed by atoms with Crippen molar-refractivity contribution in [2.45, 2.75) is 12.5 Å². The van der Waals surface area contributed by atoms with Gasteiger partial charge >= 0.3 is 6.03 Å². The number of amides is 5. The monoisotopic (exact) mass is 362 g/mol. The van der Waals surface area contributed by atoms with Gasteiger partial charge in [0.15, 0.2) is 0 Å². The van der Waals surface area contributed by atoms with Crippen molar-refractivity contribution in [2.24, 2.45) is 0 Å². The second-order valence-corrected chi connectivity index (χ2v) is 6.10. The standard InChI is InChI=1S/C17H22N4O5/c1-17(11-5-7-12(26-4)8-6-11)15(24)21(16(25)19-17)10-14(23)20(3)9-13(22)18-2/h5-8H,9-10H2,1-4H3,(H,18,22)(H,19,25)/t17-/m0/s1. The van der Waals surface area contributed by atoms with Crippen molar-refractivity contribution in [3.63, 3.8) is 0 Å². The van der Waals surface area contributed by atoms with Crippen molar-refractivity contribution < 1.29 is 23.9 Å². The third-order valence-corrected chi connectivity index (χ3v) is 4.32. The second-order valence-electron chi connectivity index (χ2n) is 6.10. The van der Waals surface area contributed by atoms with Crippen LogP contribution in [0.3, 0.4) is 0 Å². The summed E-state index contributed by atoms with van der Waals surface area (Å²) in [6.45, 7) is 0.979. The second kappa shape index (κ2) is 7.42.